The monoisotopic (exact) mass is 543 g/mol. The number of halogens is 1. The predicted octanol–water partition coefficient (Wildman–Crippen LogP) is 4.49. The summed E-state index contributed by atoms with van der Waals surface area (Å²) in [5.74, 6) is -1.10. The van der Waals surface area contributed by atoms with Crippen molar-refractivity contribution in [3.63, 3.8) is 0 Å². The van der Waals surface area contributed by atoms with Gasteiger partial charge in [0.25, 0.3) is 15.9 Å². The third-order valence-corrected chi connectivity index (χ3v) is 8.65. The van der Waals surface area contributed by atoms with Crippen LogP contribution in [0, 0.1) is 0 Å². The van der Waals surface area contributed by atoms with E-state index in [1.54, 1.807) is 43.3 Å². The molecule has 0 N–H and O–H groups in total. The van der Waals surface area contributed by atoms with Gasteiger partial charge in [0.1, 0.15) is 6.54 Å². The van der Waals surface area contributed by atoms with E-state index in [2.05, 4.69) is 4.99 Å². The molecule has 4 rings (SSSR count). The van der Waals surface area contributed by atoms with Crippen LogP contribution in [0.15, 0.2) is 82.7 Å². The average Bonchev–Trinajstić information content (AvgIpc) is 3.22. The summed E-state index contributed by atoms with van der Waals surface area (Å²) >= 11 is 7.55. The Labute approximate surface area is 217 Å². The van der Waals surface area contributed by atoms with Crippen LogP contribution in [0.2, 0.25) is 5.02 Å². The SMILES string of the molecule is CCN(c1ccccc1)S(=O)(=O)c1ccc(C(=O)N=c2sc3cccc(Cl)c3n2CC(=O)OC)cc1. The number of amides is 1. The minimum Gasteiger partial charge on any atom is -0.468 e. The van der Waals surface area contributed by atoms with Crippen molar-refractivity contribution in [1.29, 1.82) is 0 Å². The van der Waals surface area contributed by atoms with Crippen LogP contribution < -0.4 is 9.11 Å². The molecule has 8 nitrogen and oxygen atoms in total. The van der Waals surface area contributed by atoms with Gasteiger partial charge in [-0.3, -0.25) is 13.9 Å². The molecule has 0 aliphatic heterocycles. The number of esters is 1. The fraction of sp³-hybridized carbons (Fsp3) is 0.160. The van der Waals surface area contributed by atoms with Crippen LogP contribution in [0.5, 0.6) is 0 Å². The highest BCUT2D eigenvalue weighted by atomic mass is 35.5. The largest absolute Gasteiger partial charge is 0.468 e. The van der Waals surface area contributed by atoms with E-state index in [0.29, 0.717) is 16.2 Å². The molecule has 0 radical (unpaired) electrons. The minimum absolute atomic E-state index is 0.0548. The number of hydrogen-bond acceptors (Lipinski definition) is 6. The lowest BCUT2D eigenvalue weighted by molar-refractivity contribution is -0.141. The van der Waals surface area contributed by atoms with Gasteiger partial charge in [0.05, 0.1) is 32.9 Å². The van der Waals surface area contributed by atoms with Crippen molar-refractivity contribution < 1.29 is 22.7 Å². The maximum Gasteiger partial charge on any atom is 0.325 e. The third kappa shape index (κ3) is 5.06. The third-order valence-electron chi connectivity index (χ3n) is 5.38. The molecule has 0 saturated heterocycles. The maximum atomic E-state index is 13.2. The Morgan fingerprint density at radius 1 is 1.03 bits per heavy atom. The molecule has 11 heteroatoms. The van der Waals surface area contributed by atoms with Crippen LogP contribution in [0.1, 0.15) is 17.3 Å². The number of thiazole rings is 1. The smallest absolute Gasteiger partial charge is 0.325 e. The first-order valence-corrected chi connectivity index (χ1v) is 13.5. The van der Waals surface area contributed by atoms with Gasteiger partial charge in [0.15, 0.2) is 4.80 Å². The number of nitrogens with zero attached hydrogens (tertiary/aromatic N) is 3. The van der Waals surface area contributed by atoms with E-state index < -0.39 is 21.9 Å². The second-order valence-electron chi connectivity index (χ2n) is 7.58. The first-order valence-electron chi connectivity index (χ1n) is 10.9. The molecule has 0 saturated carbocycles. The fourth-order valence-electron chi connectivity index (χ4n) is 3.65. The molecule has 0 aliphatic carbocycles. The summed E-state index contributed by atoms with van der Waals surface area (Å²) in [4.78, 5) is 29.5. The van der Waals surface area contributed by atoms with Crippen LogP contribution in [0.3, 0.4) is 0 Å². The summed E-state index contributed by atoms with van der Waals surface area (Å²) in [6, 6.07) is 19.7. The van der Waals surface area contributed by atoms with Gasteiger partial charge in [0, 0.05) is 12.1 Å². The molecule has 0 aliphatic rings. The summed E-state index contributed by atoms with van der Waals surface area (Å²) in [6.45, 7) is 1.83. The van der Waals surface area contributed by atoms with Gasteiger partial charge in [-0.2, -0.15) is 4.99 Å². The number of fused-ring (bicyclic) bond motifs is 1. The molecule has 1 amide bonds. The number of anilines is 1. The fourth-order valence-corrected chi connectivity index (χ4v) is 6.51. The summed E-state index contributed by atoms with van der Waals surface area (Å²) in [6.07, 6.45) is 0. The zero-order valence-electron chi connectivity index (χ0n) is 19.4. The molecule has 3 aromatic carbocycles. The number of carbonyl (C=O) groups is 2. The zero-order valence-corrected chi connectivity index (χ0v) is 21.8. The van der Waals surface area contributed by atoms with Crippen molar-refractivity contribution in [2.45, 2.75) is 18.4 Å². The number of para-hydroxylation sites is 2. The van der Waals surface area contributed by atoms with Gasteiger partial charge < -0.3 is 9.30 Å². The Balaban J connectivity index is 1.69. The van der Waals surface area contributed by atoms with Crippen LogP contribution in [-0.2, 0) is 26.1 Å². The summed E-state index contributed by atoms with van der Waals surface area (Å²) in [5.41, 5.74) is 1.32. The number of aromatic nitrogens is 1. The van der Waals surface area contributed by atoms with E-state index in [0.717, 1.165) is 4.70 Å². The number of hydrogen-bond donors (Lipinski definition) is 0. The number of ether oxygens (including phenoxy) is 1. The van der Waals surface area contributed by atoms with E-state index in [9.17, 15) is 18.0 Å². The van der Waals surface area contributed by atoms with Crippen LogP contribution >= 0.6 is 22.9 Å². The summed E-state index contributed by atoms with van der Waals surface area (Å²) < 4.78 is 34.8. The van der Waals surface area contributed by atoms with E-state index in [1.807, 2.05) is 12.1 Å². The van der Waals surface area contributed by atoms with Crippen molar-refractivity contribution in [3.05, 3.63) is 88.2 Å². The summed E-state index contributed by atoms with van der Waals surface area (Å²) in [7, 11) is -2.56. The maximum absolute atomic E-state index is 13.2. The molecule has 0 fully saturated rings. The second kappa shape index (κ2) is 10.7. The molecule has 0 atom stereocenters. The number of rotatable bonds is 7. The predicted molar refractivity (Wildman–Crippen MR) is 140 cm³/mol. The second-order valence-corrected chi connectivity index (χ2v) is 10.9. The zero-order chi connectivity index (χ0) is 25.9. The summed E-state index contributed by atoms with van der Waals surface area (Å²) in [5, 5.41) is 0.412. The van der Waals surface area contributed by atoms with Crippen LogP contribution in [0.25, 0.3) is 10.2 Å². The lowest BCUT2D eigenvalue weighted by Crippen LogP contribution is -2.30. The van der Waals surface area contributed by atoms with E-state index in [1.165, 1.54) is 51.6 Å². The van der Waals surface area contributed by atoms with Gasteiger partial charge in [-0.25, -0.2) is 8.42 Å². The molecular weight excluding hydrogens is 522 g/mol. The molecule has 1 aromatic heterocycles. The van der Waals surface area contributed by atoms with Crippen molar-refractivity contribution in [2.75, 3.05) is 18.0 Å². The number of carbonyl (C=O) groups excluding carboxylic acids is 2. The highest BCUT2D eigenvalue weighted by molar-refractivity contribution is 7.92. The Bertz CT molecular complexity index is 1590. The first kappa shape index (κ1) is 25.6. The van der Waals surface area contributed by atoms with Gasteiger partial charge >= 0.3 is 5.97 Å². The highest BCUT2D eigenvalue weighted by Crippen LogP contribution is 2.26. The Hall–Kier alpha value is -3.47. The molecule has 0 spiro atoms. The number of sulfonamides is 1. The molecule has 4 aromatic rings. The van der Waals surface area contributed by atoms with Gasteiger partial charge in [0.2, 0.25) is 0 Å². The van der Waals surface area contributed by atoms with Crippen molar-refractivity contribution in [3.8, 4) is 0 Å². The Morgan fingerprint density at radius 3 is 2.36 bits per heavy atom. The normalized spacial score (nSPS) is 12.0. The van der Waals surface area contributed by atoms with Crippen molar-refractivity contribution in [1.82, 2.24) is 4.57 Å². The topological polar surface area (TPSA) is 98.0 Å². The van der Waals surface area contributed by atoms with E-state index >= 15 is 0 Å². The Morgan fingerprint density at radius 2 is 1.72 bits per heavy atom. The van der Waals surface area contributed by atoms with Crippen LogP contribution in [0.4, 0.5) is 5.69 Å². The van der Waals surface area contributed by atoms with E-state index in [-0.39, 0.29) is 28.3 Å². The number of methoxy groups -OCH3 is 1. The molecule has 36 heavy (non-hydrogen) atoms. The standard InChI is InChI=1S/C25H22ClN3O5S2/c1-3-29(18-8-5-4-6-9-18)36(32,33)19-14-12-17(13-15-19)24(31)27-25-28(16-22(30)34-2)23-20(26)10-7-11-21(23)35-25/h4-15H,3,16H2,1-2H3. The molecule has 1 heterocycles. The van der Waals surface area contributed by atoms with Gasteiger partial charge in [-0.05, 0) is 55.5 Å². The minimum atomic E-state index is -3.83. The van der Waals surface area contributed by atoms with Crippen molar-refractivity contribution >= 4 is 60.7 Å². The highest BCUT2D eigenvalue weighted by Gasteiger charge is 2.24. The van der Waals surface area contributed by atoms with Crippen LogP contribution in [-0.4, -0.2) is 38.5 Å². The molecular formula is C25H22ClN3O5S2. The number of benzene rings is 3. The lowest BCUT2D eigenvalue weighted by Gasteiger charge is -2.22. The van der Waals surface area contributed by atoms with E-state index in [4.69, 9.17) is 16.3 Å². The molecule has 0 unspecified atom stereocenters. The van der Waals surface area contributed by atoms with Gasteiger partial charge in [-0.15, -0.1) is 0 Å². The van der Waals surface area contributed by atoms with Gasteiger partial charge in [-0.1, -0.05) is 47.2 Å². The molecule has 186 valence electrons. The average molecular weight is 544 g/mol. The molecule has 0 bridgehead atoms. The first-order chi connectivity index (χ1) is 17.3. The Kier molecular flexibility index (Phi) is 7.58. The quantitative estimate of drug-likeness (QED) is 0.320. The van der Waals surface area contributed by atoms with Crippen molar-refractivity contribution in [2.24, 2.45) is 4.99 Å². The lowest BCUT2D eigenvalue weighted by atomic mass is 10.2.